The first kappa shape index (κ1) is 18.0. The molecule has 1 N–H and O–H groups in total. The van der Waals surface area contributed by atoms with Crippen LogP contribution in [-0.4, -0.2) is 36.5 Å². The number of rotatable bonds is 5. The van der Waals surface area contributed by atoms with E-state index in [1.54, 1.807) is 11.3 Å². The molecule has 2 aromatic rings. The van der Waals surface area contributed by atoms with Crippen LogP contribution in [0.15, 0.2) is 35.7 Å². The molecule has 3 rings (SSSR count). The van der Waals surface area contributed by atoms with Gasteiger partial charge in [0.15, 0.2) is 0 Å². The van der Waals surface area contributed by atoms with Gasteiger partial charge in [0.25, 0.3) is 0 Å². The van der Waals surface area contributed by atoms with Crippen LogP contribution in [0.5, 0.6) is 0 Å². The van der Waals surface area contributed by atoms with Gasteiger partial charge in [-0.2, -0.15) is 0 Å². The maximum absolute atomic E-state index is 12.7. The van der Waals surface area contributed by atoms with Crippen molar-refractivity contribution < 1.29 is 4.79 Å². The summed E-state index contributed by atoms with van der Waals surface area (Å²) in [5, 5.41) is 5.17. The molecule has 134 valence electrons. The highest BCUT2D eigenvalue weighted by Crippen LogP contribution is 2.32. The lowest BCUT2D eigenvalue weighted by molar-refractivity contribution is 0.192. The number of thiophene rings is 1. The predicted octanol–water partition coefficient (Wildman–Crippen LogP) is 4.16. The maximum Gasteiger partial charge on any atom is 0.318 e. The normalized spacial score (nSPS) is 17.3. The van der Waals surface area contributed by atoms with Gasteiger partial charge in [-0.3, -0.25) is 0 Å². The van der Waals surface area contributed by atoms with Crippen LogP contribution in [0.25, 0.3) is 0 Å². The maximum atomic E-state index is 12.7. The molecular formula is C20H27N3OS. The van der Waals surface area contributed by atoms with Gasteiger partial charge in [0, 0.05) is 18.0 Å². The standard InChI is InChI=1S/C20H27N3OS/c1-15-10-12-25-19(15)13-21-20(24)23-11-4-5-18(23)17-8-6-16(7-9-17)14-22(2)3/h6-10,12,18H,4-5,11,13-14H2,1-3H3,(H,21,24)/t18-/m0/s1. The van der Waals surface area contributed by atoms with E-state index in [1.165, 1.54) is 21.6 Å². The molecule has 4 nitrogen and oxygen atoms in total. The molecule has 0 radical (unpaired) electrons. The third-order valence-electron chi connectivity index (χ3n) is 4.75. The summed E-state index contributed by atoms with van der Waals surface area (Å²) in [6.45, 7) is 4.48. The van der Waals surface area contributed by atoms with E-state index in [0.717, 1.165) is 25.9 Å². The van der Waals surface area contributed by atoms with Crippen molar-refractivity contribution >= 4 is 17.4 Å². The Balaban J connectivity index is 1.63. The number of aryl methyl sites for hydroxylation is 1. The highest BCUT2D eigenvalue weighted by Gasteiger charge is 2.29. The van der Waals surface area contributed by atoms with Gasteiger partial charge < -0.3 is 15.1 Å². The van der Waals surface area contributed by atoms with Crippen LogP contribution in [0.1, 0.15) is 40.5 Å². The summed E-state index contributed by atoms with van der Waals surface area (Å²) in [6.07, 6.45) is 2.11. The molecule has 1 saturated heterocycles. The zero-order valence-corrected chi connectivity index (χ0v) is 16.1. The van der Waals surface area contributed by atoms with Gasteiger partial charge in [-0.05, 0) is 62.0 Å². The number of benzene rings is 1. The summed E-state index contributed by atoms with van der Waals surface area (Å²) in [4.78, 5) is 18.0. The first-order chi connectivity index (χ1) is 12.0. The lowest BCUT2D eigenvalue weighted by Crippen LogP contribution is -2.39. The Hall–Kier alpha value is -1.85. The monoisotopic (exact) mass is 357 g/mol. The van der Waals surface area contributed by atoms with E-state index in [0.29, 0.717) is 6.54 Å². The van der Waals surface area contributed by atoms with Crippen molar-refractivity contribution in [3.8, 4) is 0 Å². The summed E-state index contributed by atoms with van der Waals surface area (Å²) in [7, 11) is 4.15. The fourth-order valence-corrected chi connectivity index (χ4v) is 4.26. The molecule has 2 heterocycles. The lowest BCUT2D eigenvalue weighted by atomic mass is 10.0. The minimum atomic E-state index is 0.0488. The molecule has 2 amide bonds. The summed E-state index contributed by atoms with van der Waals surface area (Å²) in [5.41, 5.74) is 3.79. The number of carbonyl (C=O) groups is 1. The van der Waals surface area contributed by atoms with E-state index in [2.05, 4.69) is 66.9 Å². The van der Waals surface area contributed by atoms with Crippen molar-refractivity contribution in [2.45, 2.75) is 38.9 Å². The van der Waals surface area contributed by atoms with E-state index in [1.807, 2.05) is 4.90 Å². The average Bonchev–Trinajstić information content (AvgIpc) is 3.22. The second-order valence-electron chi connectivity index (χ2n) is 7.02. The first-order valence-corrected chi connectivity index (χ1v) is 9.73. The van der Waals surface area contributed by atoms with E-state index < -0.39 is 0 Å². The van der Waals surface area contributed by atoms with Gasteiger partial charge in [0.2, 0.25) is 0 Å². The van der Waals surface area contributed by atoms with Crippen LogP contribution in [0, 0.1) is 6.92 Å². The highest BCUT2D eigenvalue weighted by atomic mass is 32.1. The van der Waals surface area contributed by atoms with Crippen LogP contribution < -0.4 is 5.32 Å². The topological polar surface area (TPSA) is 35.6 Å². The number of carbonyl (C=O) groups excluding carboxylic acids is 1. The Morgan fingerprint density at radius 3 is 2.68 bits per heavy atom. The number of likely N-dealkylation sites (tertiary alicyclic amines) is 1. The fraction of sp³-hybridized carbons (Fsp3) is 0.450. The summed E-state index contributed by atoms with van der Waals surface area (Å²) < 4.78 is 0. The Labute approximate surface area is 154 Å². The smallest absolute Gasteiger partial charge is 0.318 e. The summed E-state index contributed by atoms with van der Waals surface area (Å²) in [6, 6.07) is 11.1. The SMILES string of the molecule is Cc1ccsc1CNC(=O)N1CCC[C@H]1c1ccc(CN(C)C)cc1. The largest absolute Gasteiger partial charge is 0.333 e. The number of nitrogens with one attached hydrogen (secondary N) is 1. The Morgan fingerprint density at radius 2 is 2.04 bits per heavy atom. The third-order valence-corrected chi connectivity index (χ3v) is 5.77. The second-order valence-corrected chi connectivity index (χ2v) is 8.02. The highest BCUT2D eigenvalue weighted by molar-refractivity contribution is 7.10. The van der Waals surface area contributed by atoms with Crippen LogP contribution in [0.4, 0.5) is 4.79 Å². The van der Waals surface area contributed by atoms with Crippen molar-refractivity contribution in [1.29, 1.82) is 0 Å². The van der Waals surface area contributed by atoms with Crippen molar-refractivity contribution in [3.05, 3.63) is 57.3 Å². The lowest BCUT2D eigenvalue weighted by Gasteiger charge is -2.25. The second kappa shape index (κ2) is 8.02. The molecule has 1 aromatic carbocycles. The zero-order chi connectivity index (χ0) is 17.8. The van der Waals surface area contributed by atoms with E-state index in [-0.39, 0.29) is 12.1 Å². The molecule has 0 unspecified atom stereocenters. The number of hydrogen-bond acceptors (Lipinski definition) is 3. The average molecular weight is 358 g/mol. The molecule has 0 saturated carbocycles. The van der Waals surface area contributed by atoms with Gasteiger partial charge in [-0.25, -0.2) is 4.79 Å². The molecule has 1 aliphatic rings. The van der Waals surface area contributed by atoms with Gasteiger partial charge in [0.1, 0.15) is 0 Å². The molecular weight excluding hydrogens is 330 g/mol. The number of hydrogen-bond donors (Lipinski definition) is 1. The quantitative estimate of drug-likeness (QED) is 0.872. The molecule has 0 spiro atoms. The number of urea groups is 1. The molecule has 0 aliphatic carbocycles. The van der Waals surface area contributed by atoms with E-state index >= 15 is 0 Å². The molecule has 1 fully saturated rings. The Bertz CT molecular complexity index is 708. The number of nitrogens with zero attached hydrogens (tertiary/aromatic N) is 2. The van der Waals surface area contributed by atoms with Crippen LogP contribution in [-0.2, 0) is 13.1 Å². The van der Waals surface area contributed by atoms with Gasteiger partial charge >= 0.3 is 6.03 Å². The predicted molar refractivity (Wildman–Crippen MR) is 104 cm³/mol. The third kappa shape index (κ3) is 4.41. The minimum Gasteiger partial charge on any atom is -0.333 e. The van der Waals surface area contributed by atoms with Crippen LogP contribution in [0.3, 0.4) is 0 Å². The van der Waals surface area contributed by atoms with Gasteiger partial charge in [-0.1, -0.05) is 24.3 Å². The van der Waals surface area contributed by atoms with Crippen molar-refractivity contribution in [3.63, 3.8) is 0 Å². The minimum absolute atomic E-state index is 0.0488. The van der Waals surface area contributed by atoms with E-state index in [9.17, 15) is 4.79 Å². The number of amides is 2. The van der Waals surface area contributed by atoms with E-state index in [4.69, 9.17) is 0 Å². The molecule has 0 bridgehead atoms. The van der Waals surface area contributed by atoms with Crippen molar-refractivity contribution in [2.24, 2.45) is 0 Å². The van der Waals surface area contributed by atoms with Crippen LogP contribution >= 0.6 is 11.3 Å². The first-order valence-electron chi connectivity index (χ1n) is 8.85. The molecule has 1 aliphatic heterocycles. The molecule has 5 heteroatoms. The molecule has 1 atom stereocenters. The Kier molecular flexibility index (Phi) is 5.76. The van der Waals surface area contributed by atoms with Crippen LogP contribution in [0.2, 0.25) is 0 Å². The summed E-state index contributed by atoms with van der Waals surface area (Å²) in [5.74, 6) is 0. The zero-order valence-electron chi connectivity index (χ0n) is 15.3. The van der Waals surface area contributed by atoms with Crippen molar-refractivity contribution in [1.82, 2.24) is 15.1 Å². The fourth-order valence-electron chi connectivity index (χ4n) is 3.41. The Morgan fingerprint density at radius 1 is 1.28 bits per heavy atom. The van der Waals surface area contributed by atoms with Crippen molar-refractivity contribution in [2.75, 3.05) is 20.6 Å². The van der Waals surface area contributed by atoms with Gasteiger partial charge in [0.05, 0.1) is 12.6 Å². The molecule has 1 aromatic heterocycles. The van der Waals surface area contributed by atoms with Gasteiger partial charge in [-0.15, -0.1) is 11.3 Å². The summed E-state index contributed by atoms with van der Waals surface area (Å²) >= 11 is 1.70. The molecule has 25 heavy (non-hydrogen) atoms.